The average Bonchev–Trinajstić information content (AvgIpc) is 2.81. The third-order valence-corrected chi connectivity index (χ3v) is 4.96. The van der Waals surface area contributed by atoms with E-state index in [-0.39, 0.29) is 10.8 Å². The van der Waals surface area contributed by atoms with Crippen LogP contribution in [0.2, 0.25) is 0 Å². The molecular weight excluding hydrogens is 528 g/mol. The van der Waals surface area contributed by atoms with Gasteiger partial charge in [0.1, 0.15) is 12.7 Å². The van der Waals surface area contributed by atoms with Crippen LogP contribution in [0.1, 0.15) is 33.3 Å². The van der Waals surface area contributed by atoms with Gasteiger partial charge < -0.3 is 29.0 Å². The number of nitro groups is 1. The van der Waals surface area contributed by atoms with Gasteiger partial charge in [0, 0.05) is 39.8 Å². The van der Waals surface area contributed by atoms with Crippen LogP contribution in [0.15, 0.2) is 29.4 Å². The number of benzene rings is 1. The van der Waals surface area contributed by atoms with Crippen molar-refractivity contribution in [2.24, 2.45) is 5.10 Å². The predicted octanol–water partition coefficient (Wildman–Crippen LogP) is 0.476. The quantitative estimate of drug-likeness (QED) is 0.107. The summed E-state index contributed by atoms with van der Waals surface area (Å²) in [6.07, 6.45) is -5.11. The Morgan fingerprint density at radius 3 is 2.05 bits per heavy atom. The van der Waals surface area contributed by atoms with Crippen molar-refractivity contribution in [3.63, 3.8) is 0 Å². The van der Waals surface area contributed by atoms with E-state index in [9.17, 15) is 29.3 Å². The molecule has 0 amide bonds. The summed E-state index contributed by atoms with van der Waals surface area (Å²) in [6.45, 7) is 4.09. The molecule has 0 radical (unpaired) electrons. The number of hydrazone groups is 1. The van der Waals surface area contributed by atoms with Crippen LogP contribution in [-0.4, -0.2) is 77.4 Å². The lowest BCUT2D eigenvalue weighted by atomic mass is 9.97. The Labute approximate surface area is 221 Å². The minimum absolute atomic E-state index is 0.0871. The Kier molecular flexibility index (Phi) is 11.0. The van der Waals surface area contributed by atoms with Crippen LogP contribution in [0.4, 0.5) is 5.69 Å². The lowest BCUT2D eigenvalue weighted by molar-refractivity contribution is -0.384. The molecule has 1 heterocycles. The first-order valence-corrected chi connectivity index (χ1v) is 11.4. The summed E-state index contributed by atoms with van der Waals surface area (Å²) in [5, 5.41) is 17.3. The molecule has 1 saturated heterocycles. The molecule has 0 bridgehead atoms. The highest BCUT2D eigenvalue weighted by atomic mass is 32.1. The Morgan fingerprint density at radius 2 is 1.53 bits per heavy atom. The minimum Gasteiger partial charge on any atom is -0.463 e. The highest BCUT2D eigenvalue weighted by Gasteiger charge is 2.52. The Balaban J connectivity index is 2.25. The summed E-state index contributed by atoms with van der Waals surface area (Å²) in [5.74, 6) is -2.94. The van der Waals surface area contributed by atoms with E-state index >= 15 is 0 Å². The summed E-state index contributed by atoms with van der Waals surface area (Å²) < 4.78 is 26.8. The van der Waals surface area contributed by atoms with E-state index in [1.165, 1.54) is 30.5 Å². The second kappa shape index (κ2) is 13.9. The van der Waals surface area contributed by atoms with Gasteiger partial charge in [0.25, 0.3) is 5.69 Å². The first kappa shape index (κ1) is 30.0. The van der Waals surface area contributed by atoms with Crippen LogP contribution in [0.3, 0.4) is 0 Å². The minimum atomic E-state index is -1.36. The van der Waals surface area contributed by atoms with Crippen molar-refractivity contribution in [2.45, 2.75) is 58.3 Å². The molecule has 0 spiro atoms. The average molecular weight is 555 g/mol. The van der Waals surface area contributed by atoms with Crippen LogP contribution in [0.5, 0.6) is 0 Å². The molecule has 1 aromatic carbocycles. The number of nitrogens with one attached hydrogen (secondary N) is 2. The Hall–Kier alpha value is -4.18. The van der Waals surface area contributed by atoms with Gasteiger partial charge in [-0.15, -0.1) is 0 Å². The fourth-order valence-corrected chi connectivity index (χ4v) is 3.52. The van der Waals surface area contributed by atoms with E-state index in [0.29, 0.717) is 5.56 Å². The summed E-state index contributed by atoms with van der Waals surface area (Å²) in [4.78, 5) is 57.1. The molecule has 1 aromatic rings. The van der Waals surface area contributed by atoms with Crippen LogP contribution in [0, 0.1) is 10.1 Å². The number of non-ortho nitro benzene ring substituents is 1. The monoisotopic (exact) mass is 554 g/mol. The number of nitro benzene ring substituents is 1. The zero-order valence-electron chi connectivity index (χ0n) is 20.8. The van der Waals surface area contributed by atoms with Gasteiger partial charge in [-0.2, -0.15) is 5.10 Å². The van der Waals surface area contributed by atoms with Gasteiger partial charge in [0.05, 0.1) is 11.1 Å². The molecule has 1 aliphatic heterocycles. The third kappa shape index (κ3) is 9.36. The van der Waals surface area contributed by atoms with Gasteiger partial charge >= 0.3 is 23.9 Å². The van der Waals surface area contributed by atoms with Gasteiger partial charge in [0.2, 0.25) is 0 Å². The summed E-state index contributed by atoms with van der Waals surface area (Å²) in [6, 6.07) is 5.55. The molecule has 5 atom stereocenters. The summed E-state index contributed by atoms with van der Waals surface area (Å²) in [5.41, 5.74) is 2.95. The molecule has 15 nitrogen and oxygen atoms in total. The van der Waals surface area contributed by atoms with Crippen molar-refractivity contribution < 1.29 is 47.8 Å². The maximum absolute atomic E-state index is 11.9. The number of esters is 4. The van der Waals surface area contributed by atoms with Crippen LogP contribution in [0.25, 0.3) is 0 Å². The molecule has 1 fully saturated rings. The number of nitrogens with zero attached hydrogens (tertiary/aromatic N) is 2. The second-order valence-corrected chi connectivity index (χ2v) is 8.22. The number of carbonyl (C=O) groups is 4. The largest absolute Gasteiger partial charge is 0.463 e. The lowest BCUT2D eigenvalue weighted by Gasteiger charge is -2.44. The van der Waals surface area contributed by atoms with Gasteiger partial charge in [-0.1, -0.05) is 0 Å². The molecule has 2 rings (SSSR count). The fourth-order valence-electron chi connectivity index (χ4n) is 3.35. The standard InChI is InChI=1S/C22H26N4O11S/c1-11(27)33-10-17-18(34-12(2)28)19(35-13(3)29)20(36-14(4)30)21(37-17)24-22(38)25-23-9-15-5-7-16(8-6-15)26(31)32/h5-9,17-21H,10H2,1-4H3,(H2,24,25,38)/b23-9+/t17-,18-,19+,20-,21-/m1/s1. The summed E-state index contributed by atoms with van der Waals surface area (Å²) >= 11 is 5.22. The van der Waals surface area contributed by atoms with Crippen molar-refractivity contribution in [3.05, 3.63) is 39.9 Å². The van der Waals surface area contributed by atoms with Gasteiger partial charge in [0.15, 0.2) is 29.7 Å². The highest BCUT2D eigenvalue weighted by Crippen LogP contribution is 2.28. The van der Waals surface area contributed by atoms with Crippen molar-refractivity contribution in [2.75, 3.05) is 6.61 Å². The highest BCUT2D eigenvalue weighted by molar-refractivity contribution is 7.80. The Morgan fingerprint density at radius 1 is 0.974 bits per heavy atom. The van der Waals surface area contributed by atoms with Gasteiger partial charge in [-0.3, -0.25) is 34.7 Å². The van der Waals surface area contributed by atoms with E-state index < -0.39 is 66.1 Å². The van der Waals surface area contributed by atoms with E-state index in [1.807, 2.05) is 0 Å². The lowest BCUT2D eigenvalue weighted by Crippen LogP contribution is -2.66. The maximum Gasteiger partial charge on any atom is 0.303 e. The zero-order valence-corrected chi connectivity index (χ0v) is 21.6. The van der Waals surface area contributed by atoms with E-state index in [4.69, 9.17) is 35.9 Å². The maximum atomic E-state index is 11.9. The first-order valence-electron chi connectivity index (χ1n) is 11.0. The Bertz CT molecular complexity index is 1100. The number of hydrogen-bond donors (Lipinski definition) is 2. The molecule has 0 aromatic heterocycles. The van der Waals surface area contributed by atoms with Crippen molar-refractivity contribution in [1.82, 2.24) is 10.7 Å². The van der Waals surface area contributed by atoms with Gasteiger partial charge in [-0.05, 0) is 29.9 Å². The molecule has 1 aliphatic rings. The fraction of sp³-hybridized carbons (Fsp3) is 0.455. The van der Waals surface area contributed by atoms with Gasteiger partial charge in [-0.25, -0.2) is 0 Å². The molecule has 0 aliphatic carbocycles. The van der Waals surface area contributed by atoms with E-state index in [1.54, 1.807) is 0 Å². The SMILES string of the molecule is CC(=O)OC[C@H]1O[C@@H](NC(=S)N/N=C/c2ccc([N+](=O)[O-])cc2)[C@H](OC(C)=O)[C@@H](OC(C)=O)[C@@H]1OC(C)=O. The molecule has 38 heavy (non-hydrogen) atoms. The molecule has 206 valence electrons. The topological polar surface area (TPSA) is 194 Å². The number of ether oxygens (including phenoxy) is 5. The van der Waals surface area contributed by atoms with Crippen LogP contribution < -0.4 is 10.7 Å². The molecular formula is C22H26N4O11S. The first-order chi connectivity index (χ1) is 17.9. The third-order valence-electron chi connectivity index (χ3n) is 4.75. The van der Waals surface area contributed by atoms with E-state index in [0.717, 1.165) is 27.7 Å². The molecule has 2 N–H and O–H groups in total. The molecule has 0 saturated carbocycles. The van der Waals surface area contributed by atoms with Crippen LogP contribution >= 0.6 is 12.2 Å². The smallest absolute Gasteiger partial charge is 0.303 e. The molecule has 0 unspecified atom stereocenters. The normalized spacial score (nSPS) is 22.6. The number of thiocarbonyl (C=S) groups is 1. The van der Waals surface area contributed by atoms with Crippen molar-refractivity contribution in [3.8, 4) is 0 Å². The second-order valence-electron chi connectivity index (χ2n) is 7.81. The number of rotatable bonds is 9. The number of carbonyl (C=O) groups excluding carboxylic acids is 4. The zero-order chi connectivity index (χ0) is 28.4. The van der Waals surface area contributed by atoms with Crippen LogP contribution in [-0.2, 0) is 42.9 Å². The summed E-state index contributed by atoms with van der Waals surface area (Å²) in [7, 11) is 0. The van der Waals surface area contributed by atoms with Crippen molar-refractivity contribution >= 4 is 53.1 Å². The van der Waals surface area contributed by atoms with Crippen molar-refractivity contribution in [1.29, 1.82) is 0 Å². The number of hydrogen-bond acceptors (Lipinski definition) is 13. The predicted molar refractivity (Wildman–Crippen MR) is 132 cm³/mol. The van der Waals surface area contributed by atoms with E-state index in [2.05, 4.69) is 15.8 Å². The molecule has 16 heteroatoms.